The number of carbonyl (C=O) groups is 2. The second-order valence-electron chi connectivity index (χ2n) is 8.57. The molecule has 3 fully saturated rings. The molecule has 1 N–H and O–H groups in total. The van der Waals surface area contributed by atoms with E-state index >= 15 is 0 Å². The van der Waals surface area contributed by atoms with Gasteiger partial charge in [0.05, 0.1) is 18.4 Å². The van der Waals surface area contributed by atoms with Crippen molar-refractivity contribution in [2.24, 2.45) is 28.7 Å². The third-order valence-corrected chi connectivity index (χ3v) is 6.83. The molecule has 1 aromatic carbocycles. The number of amides is 2. The number of nitrogens with one attached hydrogen (secondary N) is 1. The van der Waals surface area contributed by atoms with E-state index < -0.39 is 0 Å². The zero-order valence-corrected chi connectivity index (χ0v) is 16.7. The van der Waals surface area contributed by atoms with Crippen molar-refractivity contribution in [3.63, 3.8) is 0 Å². The standard InChI is InChI=1S/C23H28N4O2/c28-21-19-16-9-10-17(15-16)20(19)22(29)27(21)14-11-24-23(26-12-5-2-6-13-26)25-18-7-3-1-4-8-18/h1,3-4,7-10,16-17,19-20H,2,5-6,11-15H2,(H,24,25). The zero-order chi connectivity index (χ0) is 19.8. The van der Waals surface area contributed by atoms with Crippen LogP contribution < -0.4 is 5.32 Å². The van der Waals surface area contributed by atoms with Gasteiger partial charge in [0.25, 0.3) is 0 Å². The smallest absolute Gasteiger partial charge is 0.233 e. The average molecular weight is 393 g/mol. The van der Waals surface area contributed by atoms with E-state index in [0.717, 1.165) is 44.0 Å². The molecule has 29 heavy (non-hydrogen) atoms. The first-order valence-electron chi connectivity index (χ1n) is 10.9. The van der Waals surface area contributed by atoms with Gasteiger partial charge < -0.3 is 10.2 Å². The molecule has 2 bridgehead atoms. The Morgan fingerprint density at radius 3 is 2.28 bits per heavy atom. The number of para-hydroxylation sites is 1. The van der Waals surface area contributed by atoms with Crippen LogP contribution in [0.1, 0.15) is 25.7 Å². The van der Waals surface area contributed by atoms with E-state index in [1.165, 1.54) is 11.3 Å². The highest BCUT2D eigenvalue weighted by Crippen LogP contribution is 2.52. The van der Waals surface area contributed by atoms with Crippen LogP contribution >= 0.6 is 0 Å². The fraction of sp³-hybridized carbons (Fsp3) is 0.522. The van der Waals surface area contributed by atoms with Crippen LogP contribution in [0.25, 0.3) is 0 Å². The van der Waals surface area contributed by atoms with E-state index in [-0.39, 0.29) is 35.5 Å². The Hall–Kier alpha value is -2.63. The summed E-state index contributed by atoms with van der Waals surface area (Å²) in [7, 11) is 0. The van der Waals surface area contributed by atoms with Gasteiger partial charge in [0.1, 0.15) is 0 Å². The first-order chi connectivity index (χ1) is 14.2. The molecule has 0 spiro atoms. The molecule has 1 saturated carbocycles. The van der Waals surface area contributed by atoms with Gasteiger partial charge in [-0.3, -0.25) is 19.5 Å². The van der Waals surface area contributed by atoms with Crippen LogP contribution in [-0.4, -0.2) is 53.8 Å². The Morgan fingerprint density at radius 1 is 0.966 bits per heavy atom. The van der Waals surface area contributed by atoms with Gasteiger partial charge in [0, 0.05) is 25.3 Å². The number of allylic oxidation sites excluding steroid dienone is 2. The maximum Gasteiger partial charge on any atom is 0.233 e. The Kier molecular flexibility index (Phi) is 4.86. The molecule has 2 amide bonds. The van der Waals surface area contributed by atoms with Crippen LogP contribution in [0.5, 0.6) is 0 Å². The third kappa shape index (κ3) is 3.34. The molecule has 4 aliphatic rings. The van der Waals surface area contributed by atoms with Crippen molar-refractivity contribution in [2.75, 3.05) is 31.5 Å². The van der Waals surface area contributed by atoms with Crippen molar-refractivity contribution in [3.8, 4) is 0 Å². The van der Waals surface area contributed by atoms with Gasteiger partial charge in [-0.15, -0.1) is 0 Å². The first-order valence-corrected chi connectivity index (χ1v) is 10.9. The number of fused-ring (bicyclic) bond motifs is 5. The second kappa shape index (κ2) is 7.65. The minimum atomic E-state index is -0.120. The SMILES string of the molecule is O=C1C2C3C=CC(C3)C2C(=O)N1CCN=C(Nc1ccccc1)N1CCCCC1. The number of piperidine rings is 1. The molecule has 2 saturated heterocycles. The molecule has 0 radical (unpaired) electrons. The Bertz CT molecular complexity index is 814. The van der Waals surface area contributed by atoms with Crippen LogP contribution in [0, 0.1) is 23.7 Å². The molecule has 6 heteroatoms. The van der Waals surface area contributed by atoms with Gasteiger partial charge in [-0.1, -0.05) is 30.4 Å². The number of hydrogen-bond acceptors (Lipinski definition) is 3. The van der Waals surface area contributed by atoms with Crippen LogP contribution in [0.4, 0.5) is 5.69 Å². The second-order valence-corrected chi connectivity index (χ2v) is 8.57. The number of guanidine groups is 1. The molecule has 0 aromatic heterocycles. The zero-order valence-electron chi connectivity index (χ0n) is 16.7. The van der Waals surface area contributed by atoms with E-state index in [1.807, 2.05) is 30.3 Å². The molecule has 2 heterocycles. The number of nitrogens with zero attached hydrogens (tertiary/aromatic N) is 3. The lowest BCUT2D eigenvalue weighted by molar-refractivity contribution is -0.140. The van der Waals surface area contributed by atoms with E-state index in [1.54, 1.807) is 0 Å². The summed E-state index contributed by atoms with van der Waals surface area (Å²) >= 11 is 0. The van der Waals surface area contributed by atoms with E-state index in [0.29, 0.717) is 13.1 Å². The minimum absolute atomic E-state index is 0.0163. The lowest BCUT2D eigenvalue weighted by atomic mass is 9.85. The van der Waals surface area contributed by atoms with E-state index in [2.05, 4.69) is 22.4 Å². The van der Waals surface area contributed by atoms with Crippen LogP contribution in [0.3, 0.4) is 0 Å². The molecular formula is C23H28N4O2. The summed E-state index contributed by atoms with van der Waals surface area (Å²) in [5.74, 6) is 1.16. The molecule has 5 rings (SSSR count). The predicted octanol–water partition coefficient (Wildman–Crippen LogP) is 2.75. The fourth-order valence-corrected chi connectivity index (χ4v) is 5.42. The van der Waals surface area contributed by atoms with Crippen molar-refractivity contribution < 1.29 is 9.59 Å². The quantitative estimate of drug-likeness (QED) is 0.370. The Labute approximate surface area is 171 Å². The largest absolute Gasteiger partial charge is 0.343 e. The van der Waals surface area contributed by atoms with Crippen LogP contribution in [0.2, 0.25) is 0 Å². The normalized spacial score (nSPS) is 31.0. The summed E-state index contributed by atoms with van der Waals surface area (Å²) in [6, 6.07) is 10.0. The average Bonchev–Trinajstić information content (AvgIpc) is 3.44. The maximum absolute atomic E-state index is 12.9. The molecule has 4 atom stereocenters. The highest BCUT2D eigenvalue weighted by atomic mass is 16.2. The number of rotatable bonds is 4. The minimum Gasteiger partial charge on any atom is -0.343 e. The van der Waals surface area contributed by atoms with Crippen molar-refractivity contribution in [3.05, 3.63) is 42.5 Å². The molecular weight excluding hydrogens is 364 g/mol. The Balaban J connectivity index is 1.27. The van der Waals surface area contributed by atoms with E-state index in [9.17, 15) is 9.59 Å². The van der Waals surface area contributed by atoms with Crippen molar-refractivity contribution in [1.29, 1.82) is 0 Å². The summed E-state index contributed by atoms with van der Waals surface area (Å²) in [5.41, 5.74) is 1.00. The monoisotopic (exact) mass is 392 g/mol. The molecule has 6 nitrogen and oxygen atoms in total. The number of imide groups is 1. The summed E-state index contributed by atoms with van der Waals surface area (Å²) in [6.07, 6.45) is 8.83. The summed E-state index contributed by atoms with van der Waals surface area (Å²) in [4.78, 5) is 34.3. The number of anilines is 1. The van der Waals surface area contributed by atoms with Gasteiger partial charge in [0.15, 0.2) is 5.96 Å². The summed E-state index contributed by atoms with van der Waals surface area (Å²) in [6.45, 7) is 2.78. The first kappa shape index (κ1) is 18.4. The summed E-state index contributed by atoms with van der Waals surface area (Å²) < 4.78 is 0. The van der Waals surface area contributed by atoms with E-state index in [4.69, 9.17) is 4.99 Å². The Morgan fingerprint density at radius 2 is 1.62 bits per heavy atom. The molecule has 152 valence electrons. The molecule has 2 aliphatic heterocycles. The van der Waals surface area contributed by atoms with Crippen molar-refractivity contribution in [2.45, 2.75) is 25.7 Å². The van der Waals surface area contributed by atoms with Gasteiger partial charge in [-0.2, -0.15) is 0 Å². The number of hydrogen-bond donors (Lipinski definition) is 1. The number of benzene rings is 1. The van der Waals surface area contributed by atoms with Crippen molar-refractivity contribution in [1.82, 2.24) is 9.80 Å². The molecule has 4 unspecified atom stereocenters. The number of carbonyl (C=O) groups excluding carboxylic acids is 2. The molecule has 1 aromatic rings. The lowest BCUT2D eigenvalue weighted by Gasteiger charge is -2.30. The van der Waals surface area contributed by atoms with Gasteiger partial charge >= 0.3 is 0 Å². The highest BCUT2D eigenvalue weighted by Gasteiger charge is 2.58. The molecule has 2 aliphatic carbocycles. The third-order valence-electron chi connectivity index (χ3n) is 6.83. The number of aliphatic imine (C=N–C) groups is 1. The van der Waals surface area contributed by atoms with Crippen LogP contribution in [-0.2, 0) is 9.59 Å². The van der Waals surface area contributed by atoms with Gasteiger partial charge in [0.2, 0.25) is 11.8 Å². The summed E-state index contributed by atoms with van der Waals surface area (Å²) in [5, 5.41) is 3.44. The van der Waals surface area contributed by atoms with Crippen LogP contribution in [0.15, 0.2) is 47.5 Å². The topological polar surface area (TPSA) is 65.0 Å². The fourth-order valence-electron chi connectivity index (χ4n) is 5.42. The maximum atomic E-state index is 12.9. The predicted molar refractivity (Wildman–Crippen MR) is 112 cm³/mol. The number of likely N-dealkylation sites (tertiary alicyclic amines) is 2. The van der Waals surface area contributed by atoms with Gasteiger partial charge in [-0.25, -0.2) is 0 Å². The van der Waals surface area contributed by atoms with Crippen molar-refractivity contribution >= 4 is 23.5 Å². The van der Waals surface area contributed by atoms with Gasteiger partial charge in [-0.05, 0) is 49.7 Å². The lowest BCUT2D eigenvalue weighted by Crippen LogP contribution is -2.41. The highest BCUT2D eigenvalue weighted by molar-refractivity contribution is 6.06.